The minimum Gasteiger partial charge on any atom is -0.366 e. The molecule has 1 fully saturated rings. The summed E-state index contributed by atoms with van der Waals surface area (Å²) in [7, 11) is 0. The zero-order valence-electron chi connectivity index (χ0n) is 11.5. The lowest BCUT2D eigenvalue weighted by Crippen LogP contribution is -2.34. The maximum absolute atomic E-state index is 5.96. The fraction of sp³-hybridized carbons (Fsp3) is 0.600. The number of hydrogen-bond acceptors (Lipinski definition) is 2. The van der Waals surface area contributed by atoms with Crippen LogP contribution < -0.4 is 10.6 Å². The SMILES string of the molecule is CCC1CCC(C)N1c1ccc(C(C)N)c(Br)c1. The quantitative estimate of drug-likeness (QED) is 0.905. The average Bonchev–Trinajstić information content (AvgIpc) is 2.69. The highest BCUT2D eigenvalue weighted by atomic mass is 79.9. The van der Waals surface area contributed by atoms with Crippen LogP contribution in [-0.4, -0.2) is 12.1 Å². The number of anilines is 1. The Morgan fingerprint density at radius 2 is 2.17 bits per heavy atom. The molecule has 0 aliphatic carbocycles. The van der Waals surface area contributed by atoms with E-state index >= 15 is 0 Å². The van der Waals surface area contributed by atoms with Crippen LogP contribution >= 0.6 is 15.9 Å². The van der Waals surface area contributed by atoms with Crippen LogP contribution in [0.25, 0.3) is 0 Å². The predicted molar refractivity (Wildman–Crippen MR) is 82.0 cm³/mol. The molecule has 1 aromatic carbocycles. The summed E-state index contributed by atoms with van der Waals surface area (Å²) >= 11 is 3.65. The van der Waals surface area contributed by atoms with E-state index in [-0.39, 0.29) is 6.04 Å². The van der Waals surface area contributed by atoms with Crippen molar-refractivity contribution in [3.63, 3.8) is 0 Å². The molecule has 0 bridgehead atoms. The zero-order valence-corrected chi connectivity index (χ0v) is 13.1. The topological polar surface area (TPSA) is 29.3 Å². The number of hydrogen-bond donors (Lipinski definition) is 1. The second kappa shape index (κ2) is 5.62. The van der Waals surface area contributed by atoms with Gasteiger partial charge >= 0.3 is 0 Å². The molecule has 3 unspecified atom stereocenters. The highest BCUT2D eigenvalue weighted by molar-refractivity contribution is 9.10. The fourth-order valence-electron chi connectivity index (χ4n) is 2.98. The summed E-state index contributed by atoms with van der Waals surface area (Å²) < 4.78 is 1.13. The monoisotopic (exact) mass is 310 g/mol. The molecule has 1 heterocycles. The molecule has 3 heteroatoms. The Morgan fingerprint density at radius 1 is 1.44 bits per heavy atom. The number of benzene rings is 1. The van der Waals surface area contributed by atoms with Gasteiger partial charge in [-0.2, -0.15) is 0 Å². The van der Waals surface area contributed by atoms with E-state index in [4.69, 9.17) is 5.73 Å². The lowest BCUT2D eigenvalue weighted by Gasteiger charge is -2.31. The molecule has 0 aromatic heterocycles. The first-order valence-electron chi connectivity index (χ1n) is 6.88. The summed E-state index contributed by atoms with van der Waals surface area (Å²) in [5, 5.41) is 0. The Bertz CT molecular complexity index is 417. The van der Waals surface area contributed by atoms with Crippen LogP contribution in [0.4, 0.5) is 5.69 Å². The van der Waals surface area contributed by atoms with E-state index in [1.54, 1.807) is 0 Å². The van der Waals surface area contributed by atoms with Crippen LogP contribution in [0.3, 0.4) is 0 Å². The Hall–Kier alpha value is -0.540. The molecule has 1 saturated heterocycles. The maximum Gasteiger partial charge on any atom is 0.0382 e. The van der Waals surface area contributed by atoms with Gasteiger partial charge in [-0.1, -0.05) is 28.9 Å². The molecule has 0 saturated carbocycles. The van der Waals surface area contributed by atoms with Crippen molar-refractivity contribution in [1.82, 2.24) is 0 Å². The van der Waals surface area contributed by atoms with Crippen molar-refractivity contribution in [2.45, 2.75) is 58.2 Å². The van der Waals surface area contributed by atoms with Gasteiger partial charge in [-0.3, -0.25) is 0 Å². The second-order valence-electron chi connectivity index (χ2n) is 5.39. The summed E-state index contributed by atoms with van der Waals surface area (Å²) in [6.45, 7) is 6.62. The molecular weight excluding hydrogens is 288 g/mol. The number of rotatable bonds is 3. The predicted octanol–water partition coefficient (Wildman–Crippen LogP) is 4.24. The van der Waals surface area contributed by atoms with Gasteiger partial charge in [0.1, 0.15) is 0 Å². The average molecular weight is 311 g/mol. The van der Waals surface area contributed by atoms with E-state index in [1.165, 1.54) is 30.5 Å². The van der Waals surface area contributed by atoms with Gasteiger partial charge in [0.25, 0.3) is 0 Å². The van der Waals surface area contributed by atoms with Crippen molar-refractivity contribution in [1.29, 1.82) is 0 Å². The lowest BCUT2D eigenvalue weighted by atomic mass is 10.1. The molecular formula is C15H23BrN2. The van der Waals surface area contributed by atoms with Gasteiger partial charge in [-0.25, -0.2) is 0 Å². The molecule has 2 nitrogen and oxygen atoms in total. The largest absolute Gasteiger partial charge is 0.366 e. The zero-order chi connectivity index (χ0) is 13.3. The molecule has 0 spiro atoms. The minimum atomic E-state index is 0.0754. The third kappa shape index (κ3) is 2.57. The maximum atomic E-state index is 5.96. The lowest BCUT2D eigenvalue weighted by molar-refractivity contribution is 0.627. The van der Waals surface area contributed by atoms with Gasteiger partial charge in [0, 0.05) is 28.3 Å². The Labute approximate surface area is 119 Å². The molecule has 18 heavy (non-hydrogen) atoms. The second-order valence-corrected chi connectivity index (χ2v) is 6.24. The standard InChI is InChI=1S/C15H23BrN2/c1-4-12-6-5-10(2)18(12)13-7-8-14(11(3)17)15(16)9-13/h7-12H,4-6,17H2,1-3H3. The molecule has 0 amide bonds. The summed E-state index contributed by atoms with van der Waals surface area (Å²) in [6.07, 6.45) is 3.83. The number of nitrogens with two attached hydrogens (primary N) is 1. The van der Waals surface area contributed by atoms with Crippen molar-refractivity contribution >= 4 is 21.6 Å². The molecule has 1 aromatic rings. The Balaban J connectivity index is 2.31. The van der Waals surface area contributed by atoms with E-state index < -0.39 is 0 Å². The van der Waals surface area contributed by atoms with Gasteiger partial charge in [0.05, 0.1) is 0 Å². The van der Waals surface area contributed by atoms with Crippen LogP contribution in [0.15, 0.2) is 22.7 Å². The minimum absolute atomic E-state index is 0.0754. The highest BCUT2D eigenvalue weighted by Crippen LogP contribution is 2.35. The van der Waals surface area contributed by atoms with Gasteiger partial charge in [-0.15, -0.1) is 0 Å². The Kier molecular flexibility index (Phi) is 4.33. The van der Waals surface area contributed by atoms with Crippen molar-refractivity contribution in [2.75, 3.05) is 4.90 Å². The van der Waals surface area contributed by atoms with Gasteiger partial charge < -0.3 is 10.6 Å². The molecule has 1 aliphatic heterocycles. The summed E-state index contributed by atoms with van der Waals surface area (Å²) in [5.74, 6) is 0. The summed E-state index contributed by atoms with van der Waals surface area (Å²) in [4.78, 5) is 2.57. The van der Waals surface area contributed by atoms with E-state index in [2.05, 4.69) is 52.9 Å². The number of nitrogens with zero attached hydrogens (tertiary/aromatic N) is 1. The van der Waals surface area contributed by atoms with Crippen molar-refractivity contribution < 1.29 is 0 Å². The van der Waals surface area contributed by atoms with Crippen LogP contribution in [0.2, 0.25) is 0 Å². The van der Waals surface area contributed by atoms with Crippen molar-refractivity contribution in [3.05, 3.63) is 28.2 Å². The normalized spacial score (nSPS) is 25.5. The first-order chi connectivity index (χ1) is 8.54. The summed E-state index contributed by atoms with van der Waals surface area (Å²) in [5.41, 5.74) is 8.46. The van der Waals surface area contributed by atoms with Crippen LogP contribution in [-0.2, 0) is 0 Å². The summed E-state index contributed by atoms with van der Waals surface area (Å²) in [6, 6.07) is 8.00. The van der Waals surface area contributed by atoms with E-state index in [9.17, 15) is 0 Å². The molecule has 2 N–H and O–H groups in total. The van der Waals surface area contributed by atoms with E-state index in [0.717, 1.165) is 4.47 Å². The van der Waals surface area contributed by atoms with E-state index in [1.807, 2.05) is 6.92 Å². The van der Waals surface area contributed by atoms with Crippen LogP contribution in [0.5, 0.6) is 0 Å². The molecule has 2 rings (SSSR count). The third-order valence-corrected chi connectivity index (χ3v) is 4.72. The number of halogens is 1. The van der Waals surface area contributed by atoms with Gasteiger partial charge in [0.2, 0.25) is 0 Å². The smallest absolute Gasteiger partial charge is 0.0382 e. The van der Waals surface area contributed by atoms with Crippen molar-refractivity contribution in [3.8, 4) is 0 Å². The first kappa shape index (κ1) is 13.9. The molecule has 0 radical (unpaired) electrons. The molecule has 1 aliphatic rings. The Morgan fingerprint density at radius 3 is 2.72 bits per heavy atom. The van der Waals surface area contributed by atoms with Gasteiger partial charge in [-0.05, 0) is 50.8 Å². The van der Waals surface area contributed by atoms with Gasteiger partial charge in [0.15, 0.2) is 0 Å². The molecule has 3 atom stereocenters. The van der Waals surface area contributed by atoms with E-state index in [0.29, 0.717) is 12.1 Å². The first-order valence-corrected chi connectivity index (χ1v) is 7.67. The highest BCUT2D eigenvalue weighted by Gasteiger charge is 2.29. The third-order valence-electron chi connectivity index (χ3n) is 4.03. The fourth-order valence-corrected chi connectivity index (χ4v) is 3.71. The van der Waals surface area contributed by atoms with Crippen LogP contribution in [0, 0.1) is 0 Å². The van der Waals surface area contributed by atoms with Crippen molar-refractivity contribution in [2.24, 2.45) is 5.73 Å². The van der Waals surface area contributed by atoms with Crippen LogP contribution in [0.1, 0.15) is 51.6 Å². The molecule has 100 valence electrons.